The van der Waals surface area contributed by atoms with E-state index in [9.17, 15) is 9.59 Å². The van der Waals surface area contributed by atoms with Crippen LogP contribution in [-0.2, 0) is 20.9 Å². The van der Waals surface area contributed by atoms with Gasteiger partial charge in [-0.05, 0) is 23.8 Å². The summed E-state index contributed by atoms with van der Waals surface area (Å²) in [6.45, 7) is 5.15. The van der Waals surface area contributed by atoms with Crippen molar-refractivity contribution in [3.05, 3.63) is 60.4 Å². The fraction of sp³-hybridized carbons (Fsp3) is 0.350. The molecular formula is C20H25N3O5. The number of esters is 1. The molecule has 1 aromatic carbocycles. The lowest BCUT2D eigenvalue weighted by Crippen LogP contribution is -2.38. The molecule has 0 aliphatic rings. The molecule has 2 N–H and O–H groups in total. The minimum Gasteiger partial charge on any atom is -0.490 e. The van der Waals surface area contributed by atoms with Crippen molar-refractivity contribution in [3.8, 4) is 5.75 Å². The standard InChI is InChI=1S/C20H25N3O5/c1-15(2)21-12-18(28-20(26)9-8-19(24)25)14-27-17-6-4-16(5-7-17)13-23-11-3-10-22-23/h3-11,15,18,21H,12-14H2,1-2H3,(H,24,25)/b9-8-. The number of rotatable bonds is 11. The molecule has 0 amide bonds. The molecular weight excluding hydrogens is 362 g/mol. The van der Waals surface area contributed by atoms with E-state index in [2.05, 4.69) is 10.4 Å². The molecule has 1 heterocycles. The van der Waals surface area contributed by atoms with Gasteiger partial charge in [0, 0.05) is 37.1 Å². The molecule has 0 saturated heterocycles. The highest BCUT2D eigenvalue weighted by molar-refractivity contribution is 5.90. The monoisotopic (exact) mass is 387 g/mol. The number of benzene rings is 1. The summed E-state index contributed by atoms with van der Waals surface area (Å²) < 4.78 is 12.8. The van der Waals surface area contributed by atoms with E-state index in [1.54, 1.807) is 6.20 Å². The number of nitrogens with one attached hydrogen (secondary N) is 1. The first-order valence-corrected chi connectivity index (χ1v) is 8.96. The molecule has 0 aliphatic heterocycles. The highest BCUT2D eigenvalue weighted by Gasteiger charge is 2.15. The van der Waals surface area contributed by atoms with Crippen molar-refractivity contribution in [3.63, 3.8) is 0 Å². The summed E-state index contributed by atoms with van der Waals surface area (Å²) >= 11 is 0. The average molecular weight is 387 g/mol. The van der Waals surface area contributed by atoms with Crippen LogP contribution in [0.3, 0.4) is 0 Å². The summed E-state index contributed by atoms with van der Waals surface area (Å²) in [5.74, 6) is -1.28. The van der Waals surface area contributed by atoms with Crippen LogP contribution in [0.5, 0.6) is 5.75 Å². The van der Waals surface area contributed by atoms with Gasteiger partial charge in [-0.25, -0.2) is 9.59 Å². The summed E-state index contributed by atoms with van der Waals surface area (Å²) in [4.78, 5) is 22.3. The topological polar surface area (TPSA) is 103 Å². The molecule has 2 aromatic rings. The molecule has 150 valence electrons. The summed E-state index contributed by atoms with van der Waals surface area (Å²) in [6, 6.07) is 9.66. The second-order valence-corrected chi connectivity index (χ2v) is 6.45. The lowest BCUT2D eigenvalue weighted by atomic mass is 10.2. The molecule has 0 bridgehead atoms. The van der Waals surface area contributed by atoms with E-state index in [1.807, 2.05) is 55.1 Å². The molecule has 1 atom stereocenters. The zero-order valence-corrected chi connectivity index (χ0v) is 15.9. The Balaban J connectivity index is 1.89. The van der Waals surface area contributed by atoms with Gasteiger partial charge >= 0.3 is 11.9 Å². The predicted molar refractivity (Wildman–Crippen MR) is 103 cm³/mol. The Labute approximate surface area is 163 Å². The van der Waals surface area contributed by atoms with Gasteiger partial charge in [0.2, 0.25) is 0 Å². The number of carbonyl (C=O) groups is 2. The Morgan fingerprint density at radius 3 is 2.61 bits per heavy atom. The zero-order valence-electron chi connectivity index (χ0n) is 15.9. The van der Waals surface area contributed by atoms with Crippen molar-refractivity contribution in [2.24, 2.45) is 0 Å². The minimum atomic E-state index is -1.21. The van der Waals surface area contributed by atoms with Gasteiger partial charge in [0.05, 0.1) is 6.54 Å². The van der Waals surface area contributed by atoms with E-state index in [1.165, 1.54) is 0 Å². The van der Waals surface area contributed by atoms with Crippen LogP contribution < -0.4 is 10.1 Å². The van der Waals surface area contributed by atoms with Gasteiger partial charge in [-0.3, -0.25) is 4.68 Å². The highest BCUT2D eigenvalue weighted by Crippen LogP contribution is 2.14. The summed E-state index contributed by atoms with van der Waals surface area (Å²) in [5, 5.41) is 15.9. The minimum absolute atomic E-state index is 0.144. The highest BCUT2D eigenvalue weighted by atomic mass is 16.6. The SMILES string of the molecule is CC(C)NCC(COc1ccc(Cn2cccn2)cc1)OC(=O)/C=C\C(=O)O. The maximum absolute atomic E-state index is 11.7. The summed E-state index contributed by atoms with van der Waals surface area (Å²) in [6.07, 6.45) is 4.69. The van der Waals surface area contributed by atoms with Gasteiger partial charge in [-0.15, -0.1) is 0 Å². The van der Waals surface area contributed by atoms with Crippen molar-refractivity contribution < 1.29 is 24.2 Å². The van der Waals surface area contributed by atoms with E-state index in [0.29, 0.717) is 18.8 Å². The van der Waals surface area contributed by atoms with Gasteiger partial charge in [0.15, 0.2) is 0 Å². The average Bonchev–Trinajstić information content (AvgIpc) is 3.16. The fourth-order valence-corrected chi connectivity index (χ4v) is 2.31. The maximum Gasteiger partial charge on any atom is 0.331 e. The molecule has 8 heteroatoms. The first-order valence-electron chi connectivity index (χ1n) is 8.96. The number of hydrogen-bond acceptors (Lipinski definition) is 6. The number of carbonyl (C=O) groups excluding carboxylic acids is 1. The number of ether oxygens (including phenoxy) is 2. The number of aliphatic carboxylic acids is 1. The van der Waals surface area contributed by atoms with Crippen LogP contribution in [0.4, 0.5) is 0 Å². The molecule has 0 spiro atoms. The number of aromatic nitrogens is 2. The smallest absolute Gasteiger partial charge is 0.331 e. The second kappa shape index (κ2) is 10.9. The van der Waals surface area contributed by atoms with Crippen LogP contribution in [0.1, 0.15) is 19.4 Å². The molecule has 2 rings (SSSR count). The summed E-state index contributed by atoms with van der Waals surface area (Å²) in [5.41, 5.74) is 1.08. The van der Waals surface area contributed by atoms with E-state index >= 15 is 0 Å². The molecule has 8 nitrogen and oxygen atoms in total. The van der Waals surface area contributed by atoms with E-state index in [0.717, 1.165) is 17.7 Å². The first kappa shape index (κ1) is 21.2. The van der Waals surface area contributed by atoms with Crippen molar-refractivity contribution in [2.75, 3.05) is 13.2 Å². The Hall–Kier alpha value is -3.13. The first-order chi connectivity index (χ1) is 13.4. The largest absolute Gasteiger partial charge is 0.490 e. The van der Waals surface area contributed by atoms with Gasteiger partial charge in [-0.2, -0.15) is 5.10 Å². The van der Waals surface area contributed by atoms with Gasteiger partial charge in [0.1, 0.15) is 18.5 Å². The molecule has 28 heavy (non-hydrogen) atoms. The van der Waals surface area contributed by atoms with Crippen LogP contribution in [0.15, 0.2) is 54.9 Å². The lowest BCUT2D eigenvalue weighted by molar-refractivity contribution is -0.144. The van der Waals surface area contributed by atoms with Gasteiger partial charge in [-0.1, -0.05) is 26.0 Å². The zero-order chi connectivity index (χ0) is 20.4. The molecule has 0 radical (unpaired) electrons. The number of nitrogens with zero attached hydrogens (tertiary/aromatic N) is 2. The van der Waals surface area contributed by atoms with Crippen LogP contribution in [0, 0.1) is 0 Å². The maximum atomic E-state index is 11.7. The molecule has 0 saturated carbocycles. The van der Waals surface area contributed by atoms with Gasteiger partial charge < -0.3 is 19.9 Å². The summed E-state index contributed by atoms with van der Waals surface area (Å²) in [7, 11) is 0. The van der Waals surface area contributed by atoms with Crippen LogP contribution in [-0.4, -0.2) is 52.1 Å². The number of carboxylic acids is 1. The fourth-order valence-electron chi connectivity index (χ4n) is 2.31. The van der Waals surface area contributed by atoms with Crippen molar-refractivity contribution in [2.45, 2.75) is 32.5 Å². The predicted octanol–water partition coefficient (Wildman–Crippen LogP) is 1.86. The van der Waals surface area contributed by atoms with Crippen LogP contribution in [0.25, 0.3) is 0 Å². The number of hydrogen-bond donors (Lipinski definition) is 2. The van der Waals surface area contributed by atoms with Crippen molar-refractivity contribution >= 4 is 11.9 Å². The van der Waals surface area contributed by atoms with E-state index in [-0.39, 0.29) is 12.6 Å². The van der Waals surface area contributed by atoms with Crippen LogP contribution in [0.2, 0.25) is 0 Å². The quantitative estimate of drug-likeness (QED) is 0.448. The normalized spacial score (nSPS) is 12.2. The third kappa shape index (κ3) is 8.05. The van der Waals surface area contributed by atoms with Crippen molar-refractivity contribution in [1.29, 1.82) is 0 Å². The lowest BCUT2D eigenvalue weighted by Gasteiger charge is -2.20. The second-order valence-electron chi connectivity index (χ2n) is 6.45. The Bertz CT molecular complexity index is 770. The van der Waals surface area contributed by atoms with E-state index in [4.69, 9.17) is 14.6 Å². The Morgan fingerprint density at radius 1 is 1.25 bits per heavy atom. The molecule has 1 aromatic heterocycles. The molecule has 1 unspecified atom stereocenters. The van der Waals surface area contributed by atoms with Gasteiger partial charge in [0.25, 0.3) is 0 Å². The Kier molecular flexibility index (Phi) is 8.23. The van der Waals surface area contributed by atoms with E-state index < -0.39 is 18.0 Å². The third-order valence-corrected chi connectivity index (χ3v) is 3.66. The third-order valence-electron chi connectivity index (χ3n) is 3.66. The van der Waals surface area contributed by atoms with Crippen LogP contribution >= 0.6 is 0 Å². The number of carboxylic acid groups (broad SMARTS) is 1. The Morgan fingerprint density at radius 2 is 2.00 bits per heavy atom. The molecule has 0 aliphatic carbocycles. The van der Waals surface area contributed by atoms with Crippen molar-refractivity contribution in [1.82, 2.24) is 15.1 Å². The molecule has 0 fully saturated rings.